The Morgan fingerprint density at radius 3 is 2.59 bits per heavy atom. The number of aromatic nitrogens is 1. The summed E-state index contributed by atoms with van der Waals surface area (Å²) in [6, 6.07) is 0.509. The second kappa shape index (κ2) is 6.97. The topological polar surface area (TPSA) is 36.4 Å². The molecule has 1 N–H and O–H groups in total. The molecule has 0 aromatic carbocycles. The first-order valence-corrected chi connectivity index (χ1v) is 7.32. The number of hydrogen-bond donors (Lipinski definition) is 1. The summed E-state index contributed by atoms with van der Waals surface area (Å²) in [7, 11) is 0. The summed E-state index contributed by atoms with van der Waals surface area (Å²) in [6.07, 6.45) is 4.89. The van der Waals surface area contributed by atoms with E-state index in [2.05, 4.69) is 30.7 Å². The molecule has 2 unspecified atom stereocenters. The number of rotatable bonds is 7. The molecule has 4 heteroatoms. The molecule has 0 saturated carbocycles. The van der Waals surface area contributed by atoms with E-state index in [1.54, 1.807) is 24.5 Å². The van der Waals surface area contributed by atoms with Gasteiger partial charge in [0.25, 0.3) is 0 Å². The van der Waals surface area contributed by atoms with Gasteiger partial charge in [0.05, 0.1) is 11.0 Å². The molecule has 0 aliphatic rings. The maximum atomic E-state index is 9.54. The van der Waals surface area contributed by atoms with Gasteiger partial charge in [-0.3, -0.25) is 0 Å². The van der Waals surface area contributed by atoms with Gasteiger partial charge in [0.2, 0.25) is 0 Å². The summed E-state index contributed by atoms with van der Waals surface area (Å²) in [4.78, 5) is 7.75. The third kappa shape index (κ3) is 3.96. The maximum Gasteiger partial charge on any atom is 0.185 e. The maximum absolute atomic E-state index is 9.54. The first-order chi connectivity index (χ1) is 8.10. The third-order valence-electron chi connectivity index (χ3n) is 3.04. The lowest BCUT2D eigenvalue weighted by molar-refractivity contribution is 0.203. The largest absolute Gasteiger partial charge is 0.388 e. The summed E-state index contributed by atoms with van der Waals surface area (Å²) < 4.78 is 0. The Morgan fingerprint density at radius 1 is 1.41 bits per heavy atom. The van der Waals surface area contributed by atoms with Crippen LogP contribution in [0.3, 0.4) is 0 Å². The van der Waals surface area contributed by atoms with Crippen molar-refractivity contribution in [1.29, 1.82) is 0 Å². The zero-order valence-corrected chi connectivity index (χ0v) is 12.1. The Morgan fingerprint density at radius 2 is 2.12 bits per heavy atom. The van der Waals surface area contributed by atoms with Crippen LogP contribution < -0.4 is 4.90 Å². The lowest BCUT2D eigenvalue weighted by Gasteiger charge is -2.28. The monoisotopic (exact) mass is 256 g/mol. The average Bonchev–Trinajstić information content (AvgIpc) is 2.78. The Bertz CT molecular complexity index is 325. The highest BCUT2D eigenvalue weighted by atomic mass is 32.1. The Balaban J connectivity index is 2.80. The van der Waals surface area contributed by atoms with Crippen molar-refractivity contribution in [2.75, 3.05) is 11.4 Å². The molecule has 0 aliphatic carbocycles. The molecule has 1 rings (SSSR count). The minimum atomic E-state index is -0.411. The van der Waals surface area contributed by atoms with E-state index in [0.717, 1.165) is 23.0 Å². The molecule has 0 bridgehead atoms. The van der Waals surface area contributed by atoms with Crippen molar-refractivity contribution in [2.24, 2.45) is 0 Å². The lowest BCUT2D eigenvalue weighted by Crippen LogP contribution is -2.33. The van der Waals surface area contributed by atoms with E-state index in [4.69, 9.17) is 0 Å². The zero-order chi connectivity index (χ0) is 12.8. The zero-order valence-electron chi connectivity index (χ0n) is 11.3. The van der Waals surface area contributed by atoms with Crippen LogP contribution >= 0.6 is 11.3 Å². The highest BCUT2D eigenvalue weighted by Crippen LogP contribution is 2.29. The first-order valence-electron chi connectivity index (χ1n) is 6.50. The minimum absolute atomic E-state index is 0.411. The molecular formula is C13H24N2OS. The van der Waals surface area contributed by atoms with E-state index in [1.807, 2.05) is 0 Å². The van der Waals surface area contributed by atoms with Crippen LogP contribution in [0.2, 0.25) is 0 Å². The molecule has 1 aromatic rings. The molecule has 0 saturated heterocycles. The molecule has 0 radical (unpaired) electrons. The van der Waals surface area contributed by atoms with Crippen LogP contribution in [0.1, 0.15) is 57.9 Å². The van der Waals surface area contributed by atoms with Crippen LogP contribution in [0.4, 0.5) is 5.13 Å². The van der Waals surface area contributed by atoms with E-state index in [1.165, 1.54) is 12.8 Å². The van der Waals surface area contributed by atoms with Crippen molar-refractivity contribution in [1.82, 2.24) is 4.98 Å². The molecular weight excluding hydrogens is 232 g/mol. The summed E-state index contributed by atoms with van der Waals surface area (Å²) in [5.74, 6) is 0. The van der Waals surface area contributed by atoms with Gasteiger partial charge in [0.15, 0.2) is 5.13 Å². The normalized spacial score (nSPS) is 14.6. The van der Waals surface area contributed by atoms with Crippen LogP contribution in [-0.2, 0) is 0 Å². The molecule has 1 heterocycles. The van der Waals surface area contributed by atoms with Crippen molar-refractivity contribution < 1.29 is 5.11 Å². The van der Waals surface area contributed by atoms with Crippen molar-refractivity contribution in [3.8, 4) is 0 Å². The highest BCUT2D eigenvalue weighted by molar-refractivity contribution is 7.15. The molecule has 0 amide bonds. The second-order valence-corrected chi connectivity index (χ2v) is 5.57. The number of nitrogens with zero attached hydrogens (tertiary/aromatic N) is 2. The van der Waals surface area contributed by atoms with Gasteiger partial charge in [0, 0.05) is 18.8 Å². The van der Waals surface area contributed by atoms with Gasteiger partial charge in [-0.25, -0.2) is 4.98 Å². The van der Waals surface area contributed by atoms with E-state index in [-0.39, 0.29) is 0 Å². The van der Waals surface area contributed by atoms with Crippen LogP contribution in [0.25, 0.3) is 0 Å². The first kappa shape index (κ1) is 14.5. The van der Waals surface area contributed by atoms with Crippen molar-refractivity contribution in [3.63, 3.8) is 0 Å². The lowest BCUT2D eigenvalue weighted by atomic mass is 10.2. The molecule has 3 nitrogen and oxygen atoms in total. The molecule has 0 fully saturated rings. The van der Waals surface area contributed by atoms with Gasteiger partial charge < -0.3 is 10.0 Å². The summed E-state index contributed by atoms with van der Waals surface area (Å²) in [5, 5.41) is 10.6. The standard InChI is InChI=1S/C13H24N2OS/c1-5-7-8-15(10(3)6-2)13-14-9-12(17-13)11(4)16/h9-11,16H,5-8H2,1-4H3. The van der Waals surface area contributed by atoms with Crippen LogP contribution in [0.15, 0.2) is 6.20 Å². The van der Waals surface area contributed by atoms with Crippen molar-refractivity contribution >= 4 is 16.5 Å². The van der Waals surface area contributed by atoms with E-state index < -0.39 is 6.10 Å². The van der Waals surface area contributed by atoms with Crippen LogP contribution in [0, 0.1) is 0 Å². The second-order valence-electron chi connectivity index (χ2n) is 4.53. The van der Waals surface area contributed by atoms with Crippen LogP contribution in [0.5, 0.6) is 0 Å². The summed E-state index contributed by atoms with van der Waals surface area (Å²) in [5.41, 5.74) is 0. The van der Waals surface area contributed by atoms with Crippen LogP contribution in [-0.4, -0.2) is 22.7 Å². The van der Waals surface area contributed by atoms with Gasteiger partial charge in [-0.15, -0.1) is 0 Å². The van der Waals surface area contributed by atoms with Gasteiger partial charge in [-0.1, -0.05) is 31.6 Å². The Kier molecular flexibility index (Phi) is 5.92. The Labute approximate surface area is 108 Å². The Hall–Kier alpha value is -0.610. The fourth-order valence-electron chi connectivity index (χ4n) is 1.66. The van der Waals surface area contributed by atoms with E-state index in [9.17, 15) is 5.11 Å². The highest BCUT2D eigenvalue weighted by Gasteiger charge is 2.17. The fourth-order valence-corrected chi connectivity index (χ4v) is 2.64. The fraction of sp³-hybridized carbons (Fsp3) is 0.769. The van der Waals surface area contributed by atoms with E-state index in [0.29, 0.717) is 6.04 Å². The minimum Gasteiger partial charge on any atom is -0.388 e. The van der Waals surface area contributed by atoms with Crippen molar-refractivity contribution in [2.45, 2.75) is 59.1 Å². The summed E-state index contributed by atoms with van der Waals surface area (Å²) in [6.45, 7) is 9.49. The average molecular weight is 256 g/mol. The molecule has 0 spiro atoms. The predicted octanol–water partition coefficient (Wildman–Crippen LogP) is 3.60. The molecule has 1 aromatic heterocycles. The number of thiazole rings is 1. The SMILES string of the molecule is CCCCN(c1ncc(C(C)O)s1)C(C)CC. The number of unbranched alkanes of at least 4 members (excludes halogenated alkanes) is 1. The quantitative estimate of drug-likeness (QED) is 0.809. The third-order valence-corrected chi connectivity index (χ3v) is 4.25. The number of aliphatic hydroxyl groups excluding tert-OH is 1. The van der Waals surface area contributed by atoms with Gasteiger partial charge in [-0.2, -0.15) is 0 Å². The number of aliphatic hydroxyl groups is 1. The van der Waals surface area contributed by atoms with Gasteiger partial charge in [0.1, 0.15) is 0 Å². The summed E-state index contributed by atoms with van der Waals surface area (Å²) >= 11 is 1.61. The molecule has 17 heavy (non-hydrogen) atoms. The molecule has 98 valence electrons. The number of hydrogen-bond acceptors (Lipinski definition) is 4. The van der Waals surface area contributed by atoms with E-state index >= 15 is 0 Å². The predicted molar refractivity (Wildman–Crippen MR) is 74.8 cm³/mol. The number of anilines is 1. The van der Waals surface area contributed by atoms with Gasteiger partial charge >= 0.3 is 0 Å². The molecule has 2 atom stereocenters. The smallest absolute Gasteiger partial charge is 0.185 e. The van der Waals surface area contributed by atoms with Gasteiger partial charge in [-0.05, 0) is 26.7 Å². The molecule has 0 aliphatic heterocycles. The van der Waals surface area contributed by atoms with Crippen molar-refractivity contribution in [3.05, 3.63) is 11.1 Å².